The van der Waals surface area contributed by atoms with Crippen LogP contribution in [0.3, 0.4) is 0 Å². The summed E-state index contributed by atoms with van der Waals surface area (Å²) in [6.07, 6.45) is 3.69. The van der Waals surface area contributed by atoms with Crippen LogP contribution in [0, 0.1) is 18.3 Å². The average molecular weight is 1100 g/mol. The number of likely N-dealkylation sites (tertiary alicyclic amines) is 1. The van der Waals surface area contributed by atoms with Gasteiger partial charge in [0.25, 0.3) is 5.91 Å². The zero-order chi connectivity index (χ0) is 56.3. The van der Waals surface area contributed by atoms with Gasteiger partial charge in [-0.3, -0.25) is 34.2 Å². The molecule has 1 unspecified atom stereocenters. The van der Waals surface area contributed by atoms with E-state index >= 15 is 9.59 Å². The van der Waals surface area contributed by atoms with Gasteiger partial charge in [0, 0.05) is 113 Å². The lowest BCUT2D eigenvalue weighted by Gasteiger charge is -2.41. The van der Waals surface area contributed by atoms with E-state index in [0.717, 1.165) is 39.1 Å². The molecule has 0 radical (unpaired) electrons. The van der Waals surface area contributed by atoms with Crippen LogP contribution in [0.4, 0.5) is 10.5 Å². The molecule has 21 heteroatoms. The van der Waals surface area contributed by atoms with Crippen LogP contribution in [0.1, 0.15) is 116 Å². The molecular weight excluding hydrogens is 1010 g/mol. The quantitative estimate of drug-likeness (QED) is 0.149. The number of carbonyl (C=O) groups is 4. The number of amides is 3. The Morgan fingerprint density at radius 2 is 1.84 bits per heavy atom. The zero-order valence-electron chi connectivity index (χ0n) is 48.6. The molecule has 3 amide bonds. The Morgan fingerprint density at radius 3 is 2.58 bits per heavy atom. The summed E-state index contributed by atoms with van der Waals surface area (Å²) in [4.78, 5) is 76.4. The van der Waals surface area contributed by atoms with E-state index in [1.165, 1.54) is 9.69 Å². The van der Waals surface area contributed by atoms with E-state index in [4.69, 9.17) is 28.7 Å². The highest BCUT2D eigenvalue weighted by Gasteiger charge is 2.46. The van der Waals surface area contributed by atoms with Crippen LogP contribution in [-0.4, -0.2) is 197 Å². The minimum absolute atomic E-state index is 0.0235. The topological polar surface area (TPSA) is 203 Å². The van der Waals surface area contributed by atoms with Crippen LogP contribution >= 0.6 is 0 Å². The first-order valence-corrected chi connectivity index (χ1v) is 28.7. The highest BCUT2D eigenvalue weighted by Crippen LogP contribution is 2.42. The predicted octanol–water partition coefficient (Wildman–Crippen LogP) is 5.53. The lowest BCUT2D eigenvalue weighted by Crippen LogP contribution is -2.63. The minimum atomic E-state index is -0.999. The molecule has 4 saturated heterocycles. The molecule has 1 aromatic carbocycles. The van der Waals surface area contributed by atoms with Gasteiger partial charge in [-0.15, -0.1) is 5.10 Å². The molecule has 21 nitrogen and oxygen atoms in total. The molecule has 9 rings (SSSR count). The Labute approximate surface area is 465 Å². The lowest BCUT2D eigenvalue weighted by atomic mass is 9.84. The van der Waals surface area contributed by atoms with Crippen LogP contribution < -0.4 is 15.6 Å². The van der Waals surface area contributed by atoms with E-state index in [2.05, 4.69) is 85.1 Å². The van der Waals surface area contributed by atoms with Gasteiger partial charge in [-0.1, -0.05) is 41.5 Å². The Balaban J connectivity index is 0.993. The molecule has 79 heavy (non-hydrogen) atoms. The third kappa shape index (κ3) is 12.7. The number of carbonyl (C=O) groups excluding carboxylic acids is 4. The van der Waals surface area contributed by atoms with Gasteiger partial charge in [0.05, 0.1) is 74.9 Å². The summed E-state index contributed by atoms with van der Waals surface area (Å²) in [5.41, 5.74) is 8.32. The number of nitrogens with one attached hydrogen (secondary N) is 2. The second-order valence-electron chi connectivity index (χ2n) is 23.8. The average Bonchev–Trinajstić information content (AvgIpc) is 4.35. The van der Waals surface area contributed by atoms with Gasteiger partial charge in [-0.05, 0) is 88.3 Å². The maximum atomic E-state index is 15.2. The van der Waals surface area contributed by atoms with Crippen molar-refractivity contribution in [1.82, 2.24) is 54.8 Å². The van der Waals surface area contributed by atoms with Crippen LogP contribution in [-0.2, 0) is 51.0 Å². The number of methoxy groups -OCH3 is 2. The fourth-order valence-corrected chi connectivity index (χ4v) is 12.6. The number of nitrogens with zero attached hydrogens (tertiary/aromatic N) is 10. The number of morpholine rings is 2. The van der Waals surface area contributed by atoms with E-state index in [1.54, 1.807) is 21.1 Å². The standard InChI is InChI=1S/C58H86N12O9/c1-12-68-48-18-17-41-29-44(48)45(51(68)43-15-13-20-59-49(43)39(6)76-11)31-57(8,9)35-78-55(73)46-16-14-21-69(63-46)54(72)47(30-42-32-65(41)24-27-77-42)61-53(71)50(37(2)3)67(23-26-75-10)36-64-22-19-58(33-64)34-66(25-28-79-58)56(74)70-52(38(4)5)60-40(7)62-70/h13,15,17-18,20,29,37-39,42,46-47,50,63H,12,14,16,19,21-28,30-36H2,1-11H3,(H,61,71)/t39-,42-,46-,47-,50-,58?/m0/s1. The third-order valence-corrected chi connectivity index (χ3v) is 16.5. The van der Waals surface area contributed by atoms with Crippen molar-refractivity contribution < 1.29 is 42.9 Å². The maximum Gasteiger partial charge on any atom is 0.346 e. The van der Waals surface area contributed by atoms with Crippen molar-refractivity contribution >= 4 is 40.4 Å². The first-order valence-electron chi connectivity index (χ1n) is 28.7. The summed E-state index contributed by atoms with van der Waals surface area (Å²) in [6.45, 7) is 24.8. The highest BCUT2D eigenvalue weighted by atomic mass is 16.5. The van der Waals surface area contributed by atoms with Gasteiger partial charge < -0.3 is 43.4 Å². The number of aromatic nitrogens is 5. The molecule has 5 aliphatic heterocycles. The Bertz CT molecular complexity index is 2820. The van der Waals surface area contributed by atoms with E-state index in [-0.39, 0.29) is 48.8 Å². The van der Waals surface area contributed by atoms with Gasteiger partial charge in [0.15, 0.2) is 0 Å². The number of rotatable bonds is 14. The fourth-order valence-electron chi connectivity index (χ4n) is 12.6. The fraction of sp³-hybridized carbons (Fsp3) is 0.672. The lowest BCUT2D eigenvalue weighted by molar-refractivity contribution is -0.156. The molecule has 3 aromatic heterocycles. The van der Waals surface area contributed by atoms with Gasteiger partial charge in [-0.2, -0.15) is 4.68 Å². The Kier molecular flexibility index (Phi) is 18.1. The molecule has 432 valence electrons. The Hall–Kier alpha value is -5.55. The van der Waals surface area contributed by atoms with Crippen molar-refractivity contribution in [2.24, 2.45) is 11.3 Å². The number of cyclic esters (lactones) is 1. The third-order valence-electron chi connectivity index (χ3n) is 16.5. The Morgan fingerprint density at radius 1 is 1.03 bits per heavy atom. The van der Waals surface area contributed by atoms with Crippen molar-refractivity contribution in [1.29, 1.82) is 0 Å². The number of hydrogen-bond donors (Lipinski definition) is 2. The first kappa shape index (κ1) is 58.1. The molecule has 4 fully saturated rings. The zero-order valence-corrected chi connectivity index (χ0v) is 48.6. The smallest absolute Gasteiger partial charge is 0.346 e. The van der Waals surface area contributed by atoms with E-state index < -0.39 is 41.2 Å². The van der Waals surface area contributed by atoms with E-state index in [9.17, 15) is 9.59 Å². The number of anilines is 1. The number of benzene rings is 1. The largest absolute Gasteiger partial charge is 0.464 e. The number of ether oxygens (including phenoxy) is 5. The monoisotopic (exact) mass is 1090 g/mol. The van der Waals surface area contributed by atoms with Crippen molar-refractivity contribution in [3.63, 3.8) is 0 Å². The molecule has 2 N–H and O–H groups in total. The summed E-state index contributed by atoms with van der Waals surface area (Å²) in [7, 11) is 3.35. The summed E-state index contributed by atoms with van der Waals surface area (Å²) in [5.74, 6) is -0.0136. The van der Waals surface area contributed by atoms with Crippen LogP contribution in [0.15, 0.2) is 36.5 Å². The summed E-state index contributed by atoms with van der Waals surface area (Å²) in [5, 5.41) is 10.3. The molecule has 0 saturated carbocycles. The predicted molar refractivity (Wildman–Crippen MR) is 299 cm³/mol. The molecule has 0 aliphatic carbocycles. The van der Waals surface area contributed by atoms with Crippen LogP contribution in [0.25, 0.3) is 22.2 Å². The highest BCUT2D eigenvalue weighted by molar-refractivity contribution is 5.95. The van der Waals surface area contributed by atoms with Crippen molar-refractivity contribution in [3.8, 4) is 11.3 Å². The normalized spacial score (nSPS) is 24.2. The van der Waals surface area contributed by atoms with Crippen LogP contribution in [0.2, 0.25) is 0 Å². The van der Waals surface area contributed by atoms with E-state index in [1.807, 2.05) is 51.8 Å². The summed E-state index contributed by atoms with van der Waals surface area (Å²) >= 11 is 0. The first-order chi connectivity index (χ1) is 37.8. The molecular formula is C58H86N12O9. The summed E-state index contributed by atoms with van der Waals surface area (Å²) < 4.78 is 34.6. The number of fused-ring (bicyclic) bond motifs is 6. The number of hydrogen-bond acceptors (Lipinski definition) is 16. The number of hydrazine groups is 1. The summed E-state index contributed by atoms with van der Waals surface area (Å²) in [6, 6.07) is 8.11. The second kappa shape index (κ2) is 24.7. The number of pyridine rings is 1. The number of aryl methyl sites for hydroxylation is 2. The maximum absolute atomic E-state index is 15.2. The molecule has 1 spiro atoms. The van der Waals surface area contributed by atoms with Crippen molar-refractivity contribution in [3.05, 3.63) is 59.4 Å². The minimum Gasteiger partial charge on any atom is -0.464 e. The molecule has 6 atom stereocenters. The number of esters is 1. The second-order valence-corrected chi connectivity index (χ2v) is 23.8. The van der Waals surface area contributed by atoms with Gasteiger partial charge in [-0.25, -0.2) is 15.2 Å². The van der Waals surface area contributed by atoms with Gasteiger partial charge in [0.2, 0.25) is 5.91 Å². The van der Waals surface area contributed by atoms with Gasteiger partial charge >= 0.3 is 12.0 Å². The van der Waals surface area contributed by atoms with Crippen LogP contribution in [0.5, 0.6) is 0 Å². The molecule has 5 aliphatic rings. The SMILES string of the molecule is CCn1c(-c2cccnc2[C@H](C)OC)c2c3cc(ccc31)N1CCO[C@@H](C[C@H](NC(=O)[C@H](C(C)C)N(CCOC)CN3CCC4(C3)CN(C(=O)n3nc(C)nc3C(C)C)CCO4)C(=O)N3CCC[C@H](N3)C(=O)OCC(C)(C)C2)C1. The van der Waals surface area contributed by atoms with Crippen molar-refractivity contribution in [2.45, 2.75) is 143 Å². The molecule has 8 heterocycles. The molecule has 4 aromatic rings. The van der Waals surface area contributed by atoms with E-state index in [0.29, 0.717) is 123 Å². The van der Waals surface area contributed by atoms with Gasteiger partial charge in [0.1, 0.15) is 23.7 Å². The molecule has 6 bridgehead atoms. The van der Waals surface area contributed by atoms with Crippen molar-refractivity contribution in [2.75, 3.05) is 105 Å².